The van der Waals surface area contributed by atoms with E-state index in [1.165, 1.54) is 0 Å². The Kier molecular flexibility index (Phi) is 3.14. The highest BCUT2D eigenvalue weighted by Gasteiger charge is 2.06. The number of amides is 1. The van der Waals surface area contributed by atoms with Crippen LogP contribution in [0.2, 0.25) is 0 Å². The number of nitrogens with zero attached hydrogens (tertiary/aromatic N) is 2. The predicted molar refractivity (Wildman–Crippen MR) is 48.0 cm³/mol. The van der Waals surface area contributed by atoms with Gasteiger partial charge in [-0.25, -0.2) is 0 Å². The van der Waals surface area contributed by atoms with Crippen LogP contribution < -0.4 is 0 Å². The van der Waals surface area contributed by atoms with Crippen LogP contribution >= 0.6 is 0 Å². The third-order valence-corrected chi connectivity index (χ3v) is 1.57. The molecule has 0 aromatic carbocycles. The molecule has 0 aromatic rings. The fourth-order valence-electron chi connectivity index (χ4n) is 0.989. The van der Waals surface area contributed by atoms with Gasteiger partial charge >= 0.3 is 0 Å². The smallest absolute Gasteiger partial charge is 0.228 e. The molecule has 3 heteroatoms. The summed E-state index contributed by atoms with van der Waals surface area (Å²) in [7, 11) is 0. The summed E-state index contributed by atoms with van der Waals surface area (Å²) in [6.45, 7) is 4.86. The van der Waals surface area contributed by atoms with Crippen LogP contribution in [0.25, 0.3) is 0 Å². The Bertz CT molecular complexity index is 219. The quantitative estimate of drug-likeness (QED) is 0.456. The molecule has 0 fully saturated rings. The molecule has 1 aliphatic rings. The summed E-state index contributed by atoms with van der Waals surface area (Å²) in [5, 5.41) is 3.39. The van der Waals surface area contributed by atoms with Crippen LogP contribution in [-0.2, 0) is 4.79 Å². The van der Waals surface area contributed by atoms with E-state index in [0.29, 0.717) is 6.54 Å². The number of carbonyl (C=O) groups is 1. The van der Waals surface area contributed by atoms with E-state index in [1.54, 1.807) is 11.1 Å². The highest BCUT2D eigenvalue weighted by atomic mass is 16.1. The summed E-state index contributed by atoms with van der Waals surface area (Å²) in [6, 6.07) is 0. The van der Waals surface area contributed by atoms with Gasteiger partial charge in [-0.05, 0) is 6.08 Å². The number of allylic oxidation sites excluding steroid dienone is 2. The lowest BCUT2D eigenvalue weighted by molar-refractivity contribution is -0.128. The molecule has 0 radical (unpaired) electrons. The van der Waals surface area contributed by atoms with E-state index in [0.717, 1.165) is 13.0 Å². The SMILES string of the molecule is C=CCN(C=O)N1C=CC=CC1. The molecule has 0 saturated carbocycles. The Morgan fingerprint density at radius 1 is 1.58 bits per heavy atom. The maximum Gasteiger partial charge on any atom is 0.228 e. The van der Waals surface area contributed by atoms with Gasteiger partial charge in [0.05, 0.1) is 13.1 Å². The van der Waals surface area contributed by atoms with Crippen LogP contribution in [0, 0.1) is 0 Å². The van der Waals surface area contributed by atoms with Crippen molar-refractivity contribution in [1.82, 2.24) is 10.0 Å². The molecule has 0 saturated heterocycles. The van der Waals surface area contributed by atoms with Crippen molar-refractivity contribution in [2.24, 2.45) is 0 Å². The first-order valence-corrected chi connectivity index (χ1v) is 3.81. The minimum atomic E-state index is 0.543. The summed E-state index contributed by atoms with van der Waals surface area (Å²) in [4.78, 5) is 10.6. The van der Waals surface area contributed by atoms with Gasteiger partial charge in [-0.2, -0.15) is 0 Å². The molecule has 0 spiro atoms. The predicted octanol–water partition coefficient (Wildman–Crippen LogP) is 0.931. The van der Waals surface area contributed by atoms with Crippen LogP contribution in [-0.4, -0.2) is 29.5 Å². The molecule has 1 rings (SSSR count). The highest BCUT2D eigenvalue weighted by Crippen LogP contribution is 2.01. The van der Waals surface area contributed by atoms with Gasteiger partial charge in [0.1, 0.15) is 0 Å². The minimum absolute atomic E-state index is 0.543. The molecular weight excluding hydrogens is 152 g/mol. The molecule has 0 bridgehead atoms. The van der Waals surface area contributed by atoms with Gasteiger partial charge in [0.15, 0.2) is 0 Å². The fraction of sp³-hybridized carbons (Fsp3) is 0.222. The molecule has 1 amide bonds. The molecule has 0 unspecified atom stereocenters. The zero-order valence-corrected chi connectivity index (χ0v) is 6.89. The van der Waals surface area contributed by atoms with Gasteiger partial charge in [-0.3, -0.25) is 14.8 Å². The number of hydrazine groups is 1. The number of carbonyl (C=O) groups excluding carboxylic acids is 1. The molecule has 1 heterocycles. The maximum atomic E-state index is 10.6. The second-order valence-corrected chi connectivity index (χ2v) is 2.41. The summed E-state index contributed by atoms with van der Waals surface area (Å²) < 4.78 is 0. The first-order chi connectivity index (χ1) is 5.88. The average molecular weight is 164 g/mol. The summed E-state index contributed by atoms with van der Waals surface area (Å²) in [5.41, 5.74) is 0. The molecule has 0 atom stereocenters. The fourth-order valence-corrected chi connectivity index (χ4v) is 0.989. The van der Waals surface area contributed by atoms with E-state index < -0.39 is 0 Å². The lowest BCUT2D eigenvalue weighted by atomic mass is 10.4. The number of hydrogen-bond acceptors (Lipinski definition) is 2. The van der Waals surface area contributed by atoms with Gasteiger partial charge in [0.25, 0.3) is 0 Å². The molecule has 3 nitrogen and oxygen atoms in total. The first kappa shape index (κ1) is 8.59. The van der Waals surface area contributed by atoms with Crippen molar-refractivity contribution in [3.05, 3.63) is 37.1 Å². The van der Waals surface area contributed by atoms with E-state index in [4.69, 9.17) is 0 Å². The second-order valence-electron chi connectivity index (χ2n) is 2.41. The minimum Gasteiger partial charge on any atom is -0.286 e. The number of hydrogen-bond donors (Lipinski definition) is 0. The number of rotatable bonds is 4. The van der Waals surface area contributed by atoms with Crippen molar-refractivity contribution in [2.45, 2.75) is 0 Å². The van der Waals surface area contributed by atoms with Crippen molar-refractivity contribution in [2.75, 3.05) is 13.1 Å². The van der Waals surface area contributed by atoms with E-state index >= 15 is 0 Å². The lowest BCUT2D eigenvalue weighted by Crippen LogP contribution is -2.38. The van der Waals surface area contributed by atoms with Gasteiger partial charge < -0.3 is 0 Å². The summed E-state index contributed by atoms with van der Waals surface area (Å²) in [5.74, 6) is 0. The Labute approximate surface area is 72.2 Å². The topological polar surface area (TPSA) is 23.6 Å². The van der Waals surface area contributed by atoms with E-state index in [-0.39, 0.29) is 0 Å². The molecule has 12 heavy (non-hydrogen) atoms. The Hall–Kier alpha value is -1.51. The van der Waals surface area contributed by atoms with Crippen LogP contribution in [0.5, 0.6) is 0 Å². The molecule has 64 valence electrons. The second kappa shape index (κ2) is 4.38. The van der Waals surface area contributed by atoms with E-state index in [2.05, 4.69) is 6.58 Å². The summed E-state index contributed by atoms with van der Waals surface area (Å²) in [6.07, 6.45) is 10.2. The molecule has 0 aliphatic carbocycles. The largest absolute Gasteiger partial charge is 0.286 e. The van der Waals surface area contributed by atoms with Crippen molar-refractivity contribution >= 4 is 6.41 Å². The Morgan fingerprint density at radius 2 is 2.42 bits per heavy atom. The molecular formula is C9H12N2O. The van der Waals surface area contributed by atoms with Gasteiger partial charge in [0.2, 0.25) is 6.41 Å². The third-order valence-electron chi connectivity index (χ3n) is 1.57. The van der Waals surface area contributed by atoms with Crippen molar-refractivity contribution in [3.8, 4) is 0 Å². The normalized spacial score (nSPS) is 14.5. The van der Waals surface area contributed by atoms with Crippen LogP contribution in [0.3, 0.4) is 0 Å². The van der Waals surface area contributed by atoms with Crippen molar-refractivity contribution in [3.63, 3.8) is 0 Å². The van der Waals surface area contributed by atoms with E-state index in [9.17, 15) is 4.79 Å². The Morgan fingerprint density at radius 3 is 2.92 bits per heavy atom. The lowest BCUT2D eigenvalue weighted by Gasteiger charge is -2.29. The van der Waals surface area contributed by atoms with Gasteiger partial charge in [-0.1, -0.05) is 18.2 Å². The zero-order valence-electron chi connectivity index (χ0n) is 6.89. The van der Waals surface area contributed by atoms with E-state index in [1.807, 2.05) is 29.4 Å². The van der Waals surface area contributed by atoms with Crippen LogP contribution in [0.1, 0.15) is 0 Å². The molecule has 0 aromatic heterocycles. The Balaban J connectivity index is 2.53. The zero-order chi connectivity index (χ0) is 8.81. The third kappa shape index (κ3) is 1.99. The maximum absolute atomic E-state index is 10.6. The summed E-state index contributed by atoms with van der Waals surface area (Å²) >= 11 is 0. The van der Waals surface area contributed by atoms with Crippen molar-refractivity contribution < 1.29 is 4.79 Å². The molecule has 1 aliphatic heterocycles. The standard InChI is InChI=1S/C9H12N2O/c1-2-6-11(9-12)10-7-4-3-5-8-10/h2-5,7,9H,1,6,8H2. The van der Waals surface area contributed by atoms with Crippen LogP contribution in [0.15, 0.2) is 37.1 Å². The molecule has 0 N–H and O–H groups in total. The first-order valence-electron chi connectivity index (χ1n) is 3.81. The van der Waals surface area contributed by atoms with Crippen LogP contribution in [0.4, 0.5) is 0 Å². The monoisotopic (exact) mass is 164 g/mol. The highest BCUT2D eigenvalue weighted by molar-refractivity contribution is 5.47. The average Bonchev–Trinajstić information content (AvgIpc) is 2.15. The van der Waals surface area contributed by atoms with Gasteiger partial charge in [-0.15, -0.1) is 6.58 Å². The van der Waals surface area contributed by atoms with Gasteiger partial charge in [0, 0.05) is 6.20 Å². The van der Waals surface area contributed by atoms with Crippen molar-refractivity contribution in [1.29, 1.82) is 0 Å².